The molecule has 0 fully saturated rings. The molecule has 0 aliphatic rings. The van der Waals surface area contributed by atoms with Crippen LogP contribution >= 0.6 is 15.9 Å². The van der Waals surface area contributed by atoms with Crippen molar-refractivity contribution in [2.75, 3.05) is 0 Å². The van der Waals surface area contributed by atoms with Crippen LogP contribution in [-0.4, -0.2) is 6.36 Å². The first-order valence-corrected chi connectivity index (χ1v) is 5.80. The number of alkyl halides is 3. The molecule has 19 heavy (non-hydrogen) atoms. The van der Waals surface area contributed by atoms with Crippen LogP contribution in [-0.2, 0) is 0 Å². The lowest BCUT2D eigenvalue weighted by atomic mass is 10.1. The zero-order valence-electron chi connectivity index (χ0n) is 9.20. The van der Waals surface area contributed by atoms with Gasteiger partial charge in [-0.05, 0) is 18.2 Å². The first-order valence-electron chi connectivity index (χ1n) is 5.00. The van der Waals surface area contributed by atoms with Gasteiger partial charge in [-0.1, -0.05) is 28.1 Å². The van der Waals surface area contributed by atoms with Gasteiger partial charge in [0.05, 0.1) is 0 Å². The molecule has 0 aliphatic carbocycles. The molecule has 0 saturated heterocycles. The largest absolute Gasteiger partial charge is 0.573 e. The summed E-state index contributed by atoms with van der Waals surface area (Å²) in [4.78, 5) is 11.2. The minimum atomic E-state index is -4.77. The summed E-state index contributed by atoms with van der Waals surface area (Å²) >= 11 is 3.11. The zero-order valence-corrected chi connectivity index (χ0v) is 10.8. The van der Waals surface area contributed by atoms with Crippen LogP contribution < -0.4 is 10.4 Å². The van der Waals surface area contributed by atoms with Crippen molar-refractivity contribution in [3.63, 3.8) is 0 Å². The minimum Gasteiger partial charge on any atom is -0.423 e. The molecule has 7 heteroatoms. The Labute approximate surface area is 113 Å². The Hall–Kier alpha value is -1.76. The van der Waals surface area contributed by atoms with Crippen LogP contribution in [0.2, 0.25) is 0 Å². The number of hydrogen-bond acceptors (Lipinski definition) is 3. The fraction of sp³-hybridized carbons (Fsp3) is 0.0833. The molecule has 1 heterocycles. The van der Waals surface area contributed by atoms with Gasteiger partial charge in [-0.15, -0.1) is 13.2 Å². The van der Waals surface area contributed by atoms with E-state index in [1.165, 1.54) is 24.3 Å². The van der Waals surface area contributed by atoms with Gasteiger partial charge in [-0.3, -0.25) is 0 Å². The number of benzene rings is 1. The number of hydrogen-bond donors (Lipinski definition) is 0. The second-order valence-electron chi connectivity index (χ2n) is 3.53. The first-order chi connectivity index (χ1) is 8.83. The van der Waals surface area contributed by atoms with Crippen molar-refractivity contribution in [2.24, 2.45) is 0 Å². The van der Waals surface area contributed by atoms with Gasteiger partial charge in [0, 0.05) is 16.1 Å². The Bertz CT molecular complexity index is 649. The second-order valence-corrected chi connectivity index (χ2v) is 4.45. The van der Waals surface area contributed by atoms with E-state index >= 15 is 0 Å². The van der Waals surface area contributed by atoms with Crippen molar-refractivity contribution in [1.82, 2.24) is 0 Å². The molecular weight excluding hydrogens is 329 g/mol. The maximum atomic E-state index is 12.1. The quantitative estimate of drug-likeness (QED) is 0.834. The smallest absolute Gasteiger partial charge is 0.423 e. The molecule has 0 saturated carbocycles. The molecule has 3 nitrogen and oxygen atoms in total. The normalized spacial score (nSPS) is 11.4. The fourth-order valence-electron chi connectivity index (χ4n) is 1.44. The summed E-state index contributed by atoms with van der Waals surface area (Å²) in [5, 5.41) is 0. The van der Waals surface area contributed by atoms with E-state index in [4.69, 9.17) is 4.42 Å². The van der Waals surface area contributed by atoms with E-state index in [1.54, 1.807) is 0 Å². The third-order valence-corrected chi connectivity index (χ3v) is 2.55. The van der Waals surface area contributed by atoms with Gasteiger partial charge in [0.15, 0.2) is 0 Å². The van der Waals surface area contributed by atoms with Crippen LogP contribution in [0, 0.1) is 0 Å². The van der Waals surface area contributed by atoms with Crippen LogP contribution in [0.4, 0.5) is 13.2 Å². The van der Waals surface area contributed by atoms with Crippen molar-refractivity contribution < 1.29 is 22.3 Å². The van der Waals surface area contributed by atoms with Crippen LogP contribution in [0.5, 0.6) is 5.75 Å². The monoisotopic (exact) mass is 334 g/mol. The third kappa shape index (κ3) is 3.85. The lowest BCUT2D eigenvalue weighted by Gasteiger charge is -2.09. The highest BCUT2D eigenvalue weighted by Gasteiger charge is 2.31. The molecule has 0 atom stereocenters. The van der Waals surface area contributed by atoms with E-state index in [0.717, 1.165) is 12.1 Å². The van der Waals surface area contributed by atoms with Gasteiger partial charge in [-0.2, -0.15) is 0 Å². The Kier molecular flexibility index (Phi) is 3.66. The molecule has 100 valence electrons. The summed E-state index contributed by atoms with van der Waals surface area (Å²) < 4.78 is 45.5. The molecule has 0 N–H and O–H groups in total. The van der Waals surface area contributed by atoms with E-state index in [1.807, 2.05) is 0 Å². The maximum absolute atomic E-state index is 12.1. The lowest BCUT2D eigenvalue weighted by Crippen LogP contribution is -2.17. The standard InChI is InChI=1S/C12H6BrF3O3/c13-8-5-10(18-11(17)6-8)7-2-1-3-9(4-7)19-12(14,15)16/h1-6H. The van der Waals surface area contributed by atoms with E-state index in [0.29, 0.717) is 10.0 Å². The summed E-state index contributed by atoms with van der Waals surface area (Å²) in [6, 6.07) is 7.87. The van der Waals surface area contributed by atoms with Crippen molar-refractivity contribution in [2.45, 2.75) is 6.36 Å². The van der Waals surface area contributed by atoms with Gasteiger partial charge >= 0.3 is 12.0 Å². The molecule has 1 aromatic heterocycles. The summed E-state index contributed by atoms with van der Waals surface area (Å²) in [7, 11) is 0. The highest BCUT2D eigenvalue weighted by Crippen LogP contribution is 2.28. The molecular formula is C12H6BrF3O3. The van der Waals surface area contributed by atoms with Gasteiger partial charge in [-0.25, -0.2) is 4.79 Å². The average Bonchev–Trinajstić information content (AvgIpc) is 2.25. The van der Waals surface area contributed by atoms with Crippen molar-refractivity contribution in [1.29, 1.82) is 0 Å². The molecule has 0 bridgehead atoms. The second kappa shape index (κ2) is 5.08. The molecule has 0 unspecified atom stereocenters. The average molecular weight is 335 g/mol. The van der Waals surface area contributed by atoms with Crippen molar-refractivity contribution >= 4 is 15.9 Å². The van der Waals surface area contributed by atoms with Crippen LogP contribution in [0.3, 0.4) is 0 Å². The van der Waals surface area contributed by atoms with Crippen LogP contribution in [0.15, 0.2) is 50.1 Å². The maximum Gasteiger partial charge on any atom is 0.573 e. The van der Waals surface area contributed by atoms with Gasteiger partial charge in [0.25, 0.3) is 0 Å². The molecule has 1 aromatic carbocycles. The molecule has 2 rings (SSSR count). The molecule has 0 aliphatic heterocycles. The number of rotatable bonds is 2. The Morgan fingerprint density at radius 3 is 2.53 bits per heavy atom. The predicted octanol–water partition coefficient (Wildman–Crippen LogP) is 3.97. The van der Waals surface area contributed by atoms with Crippen molar-refractivity contribution in [3.05, 3.63) is 51.3 Å². The first kappa shape index (κ1) is 13.7. The van der Waals surface area contributed by atoms with E-state index in [2.05, 4.69) is 20.7 Å². The highest BCUT2D eigenvalue weighted by molar-refractivity contribution is 9.10. The number of halogens is 4. The van der Waals surface area contributed by atoms with Gasteiger partial charge in [0.2, 0.25) is 0 Å². The van der Waals surface area contributed by atoms with E-state index < -0.39 is 12.0 Å². The molecule has 0 spiro atoms. The third-order valence-electron chi connectivity index (χ3n) is 2.09. The summed E-state index contributed by atoms with van der Waals surface area (Å²) in [6.45, 7) is 0. The Morgan fingerprint density at radius 1 is 1.16 bits per heavy atom. The summed E-state index contributed by atoms with van der Waals surface area (Å²) in [5.74, 6) is -0.236. The lowest BCUT2D eigenvalue weighted by molar-refractivity contribution is -0.274. The van der Waals surface area contributed by atoms with Gasteiger partial charge in [0.1, 0.15) is 11.5 Å². The topological polar surface area (TPSA) is 39.4 Å². The van der Waals surface area contributed by atoms with Gasteiger partial charge < -0.3 is 9.15 Å². The van der Waals surface area contributed by atoms with Crippen LogP contribution in [0.25, 0.3) is 11.3 Å². The van der Waals surface area contributed by atoms with E-state index in [-0.39, 0.29) is 11.5 Å². The zero-order chi connectivity index (χ0) is 14.0. The molecule has 2 aromatic rings. The minimum absolute atomic E-state index is 0.145. The summed E-state index contributed by atoms with van der Waals surface area (Å²) in [5.41, 5.74) is -0.299. The predicted molar refractivity (Wildman–Crippen MR) is 64.8 cm³/mol. The molecule has 0 amide bonds. The SMILES string of the molecule is O=c1cc(Br)cc(-c2cccc(OC(F)(F)F)c2)o1. The number of ether oxygens (including phenoxy) is 1. The Balaban J connectivity index is 2.40. The molecule has 0 radical (unpaired) electrons. The van der Waals surface area contributed by atoms with Crippen LogP contribution in [0.1, 0.15) is 0 Å². The summed E-state index contributed by atoms with van der Waals surface area (Å²) in [6.07, 6.45) is -4.77. The van der Waals surface area contributed by atoms with Crippen molar-refractivity contribution in [3.8, 4) is 17.1 Å². The Morgan fingerprint density at radius 2 is 1.89 bits per heavy atom. The van der Waals surface area contributed by atoms with E-state index in [9.17, 15) is 18.0 Å². The fourth-order valence-corrected chi connectivity index (χ4v) is 1.83. The highest BCUT2D eigenvalue weighted by atomic mass is 79.9.